The van der Waals surface area contributed by atoms with Crippen molar-refractivity contribution < 1.29 is 14.3 Å². The molecule has 0 radical (unpaired) electrons. The Bertz CT molecular complexity index is 1040. The minimum Gasteiger partial charge on any atom is -0.352 e. The van der Waals surface area contributed by atoms with E-state index in [0.717, 1.165) is 25.4 Å². The first-order chi connectivity index (χ1) is 19.5. The normalized spacial score (nSPS) is 48.4. The van der Waals surface area contributed by atoms with Crippen LogP contribution in [-0.4, -0.2) is 24.8 Å². The number of rotatable bonds is 7. The quantitative estimate of drug-likeness (QED) is 0.300. The molecule has 5 unspecified atom stereocenters. The molecule has 1 heterocycles. The highest BCUT2D eigenvalue weighted by molar-refractivity contribution is 5.94. The molecule has 0 amide bonds. The van der Waals surface area contributed by atoms with Crippen molar-refractivity contribution in [2.75, 3.05) is 6.61 Å². The van der Waals surface area contributed by atoms with Crippen LogP contribution in [0.3, 0.4) is 0 Å². The van der Waals surface area contributed by atoms with Gasteiger partial charge in [0.05, 0.1) is 12.7 Å². The molecule has 4 aliphatic carbocycles. The minimum absolute atomic E-state index is 0.0315. The fraction of sp³-hybridized carbons (Fsp3) is 0.923. The van der Waals surface area contributed by atoms with E-state index < -0.39 is 0 Å². The molecule has 0 bridgehead atoms. The highest BCUT2D eigenvalue weighted by atomic mass is 16.7. The van der Waals surface area contributed by atoms with E-state index in [2.05, 4.69) is 89.2 Å². The van der Waals surface area contributed by atoms with E-state index in [0.29, 0.717) is 52.6 Å². The first kappa shape index (κ1) is 32.7. The number of allylic oxidation sites excluding steroid dienone is 2. The number of ether oxygens (including phenoxy) is 2. The first-order valence-corrected chi connectivity index (χ1v) is 18.0. The summed E-state index contributed by atoms with van der Waals surface area (Å²) in [5, 5.41) is 0. The maximum atomic E-state index is 14.2. The lowest BCUT2D eigenvalue weighted by atomic mass is 9.42. The van der Waals surface area contributed by atoms with Gasteiger partial charge in [-0.15, -0.1) is 0 Å². The fourth-order valence-electron chi connectivity index (χ4n) is 11.4. The molecular formula is C39H66O3. The second-order valence-electron chi connectivity index (χ2n) is 18.2. The van der Waals surface area contributed by atoms with Crippen molar-refractivity contribution in [1.29, 1.82) is 0 Å². The molecule has 0 N–H and O–H groups in total. The van der Waals surface area contributed by atoms with Crippen molar-refractivity contribution in [2.45, 2.75) is 147 Å². The molecule has 3 heteroatoms. The SMILES string of the molecule is CC(C)CC[C@@H](C)C(C)(C)[C@H]1CC[C@@]2(C)C3=CC(=O)[C@@H]4C[C@@H](OC5OCC(C)C(C)C5C)[C@@H](C)C[C@]4(C)C3CC[C@]12C. The Hall–Kier alpha value is -0.670. The number of hydrogen-bond donors (Lipinski definition) is 0. The van der Waals surface area contributed by atoms with Gasteiger partial charge in [-0.25, -0.2) is 0 Å². The molecule has 1 aliphatic heterocycles. The molecule has 42 heavy (non-hydrogen) atoms. The summed E-state index contributed by atoms with van der Waals surface area (Å²) in [4.78, 5) is 14.2. The summed E-state index contributed by atoms with van der Waals surface area (Å²) in [6, 6.07) is 0. The third-order valence-electron chi connectivity index (χ3n) is 15.4. The number of ketones is 1. The third-order valence-corrected chi connectivity index (χ3v) is 15.4. The van der Waals surface area contributed by atoms with Crippen LogP contribution in [0.4, 0.5) is 0 Å². The molecular weight excluding hydrogens is 516 g/mol. The molecule has 240 valence electrons. The van der Waals surface area contributed by atoms with E-state index in [-0.39, 0.29) is 34.6 Å². The highest BCUT2D eigenvalue weighted by Gasteiger charge is 2.66. The summed E-state index contributed by atoms with van der Waals surface area (Å²) < 4.78 is 13.0. The zero-order valence-electron chi connectivity index (χ0n) is 29.5. The van der Waals surface area contributed by atoms with Gasteiger partial charge in [-0.2, -0.15) is 0 Å². The Labute approximate surface area is 259 Å². The summed E-state index contributed by atoms with van der Waals surface area (Å²) in [5.74, 6) is 5.13. The van der Waals surface area contributed by atoms with E-state index in [1.165, 1.54) is 44.1 Å². The fourth-order valence-corrected chi connectivity index (χ4v) is 11.4. The van der Waals surface area contributed by atoms with Crippen LogP contribution in [0.1, 0.15) is 134 Å². The van der Waals surface area contributed by atoms with E-state index in [4.69, 9.17) is 9.47 Å². The van der Waals surface area contributed by atoms with Gasteiger partial charge in [-0.3, -0.25) is 4.79 Å². The van der Waals surface area contributed by atoms with Crippen LogP contribution in [0, 0.1) is 74.9 Å². The van der Waals surface area contributed by atoms with Gasteiger partial charge in [0.15, 0.2) is 12.1 Å². The third kappa shape index (κ3) is 5.02. The van der Waals surface area contributed by atoms with Crippen molar-refractivity contribution in [3.8, 4) is 0 Å². The predicted molar refractivity (Wildman–Crippen MR) is 174 cm³/mol. The van der Waals surface area contributed by atoms with Crippen LogP contribution < -0.4 is 0 Å². The summed E-state index contributed by atoms with van der Waals surface area (Å²) >= 11 is 0. The van der Waals surface area contributed by atoms with E-state index >= 15 is 0 Å². The summed E-state index contributed by atoms with van der Waals surface area (Å²) in [5.41, 5.74) is 2.24. The molecule has 4 fully saturated rings. The van der Waals surface area contributed by atoms with Crippen molar-refractivity contribution in [1.82, 2.24) is 0 Å². The minimum atomic E-state index is -0.145. The largest absolute Gasteiger partial charge is 0.352 e. The zero-order valence-corrected chi connectivity index (χ0v) is 29.5. The summed E-state index contributed by atoms with van der Waals surface area (Å²) in [7, 11) is 0. The van der Waals surface area contributed by atoms with Crippen molar-refractivity contribution in [2.24, 2.45) is 74.9 Å². The molecule has 3 nitrogen and oxygen atoms in total. The van der Waals surface area contributed by atoms with E-state index in [1.807, 2.05) is 0 Å². The smallest absolute Gasteiger partial charge is 0.160 e. The van der Waals surface area contributed by atoms with Crippen LogP contribution in [0.5, 0.6) is 0 Å². The lowest BCUT2D eigenvalue weighted by Crippen LogP contribution is -2.58. The Morgan fingerprint density at radius 2 is 1.64 bits per heavy atom. The van der Waals surface area contributed by atoms with Crippen LogP contribution in [0.2, 0.25) is 0 Å². The average Bonchev–Trinajstić information content (AvgIpc) is 3.20. The molecule has 5 aliphatic rings. The number of hydrogen-bond acceptors (Lipinski definition) is 3. The van der Waals surface area contributed by atoms with Gasteiger partial charge in [-0.05, 0) is 114 Å². The second kappa shape index (κ2) is 11.3. The van der Waals surface area contributed by atoms with Gasteiger partial charge >= 0.3 is 0 Å². The number of carbonyl (C=O) groups is 1. The molecule has 13 atom stereocenters. The van der Waals surface area contributed by atoms with Gasteiger partial charge in [0.1, 0.15) is 0 Å². The molecule has 3 saturated carbocycles. The maximum Gasteiger partial charge on any atom is 0.160 e. The van der Waals surface area contributed by atoms with Gasteiger partial charge < -0.3 is 9.47 Å². The number of carbonyl (C=O) groups excluding carboxylic acids is 1. The van der Waals surface area contributed by atoms with Crippen molar-refractivity contribution >= 4 is 5.78 Å². The Kier molecular flexibility index (Phi) is 8.80. The standard InChI is InChI=1S/C39H66O3/c1-23(2)13-14-26(5)36(8,9)34-16-18-38(11)30-19-32(40)31-20-33(42-35-28(7)27(6)25(4)22-41-35)24(3)21-37(31,10)29(30)15-17-39(34,38)12/h19,23-29,31,33-35H,13-18,20-22H2,1-12H3/t24-,25?,26+,27?,28?,29?,31-,33+,34+,35?,37+,38-,39+/m0/s1. The Balaban J connectivity index is 1.38. The van der Waals surface area contributed by atoms with Crippen LogP contribution in [-0.2, 0) is 14.3 Å². The topological polar surface area (TPSA) is 35.5 Å². The number of fused-ring (bicyclic) bond motifs is 5. The van der Waals surface area contributed by atoms with Gasteiger partial charge in [-0.1, -0.05) is 95.1 Å². The Morgan fingerprint density at radius 3 is 2.31 bits per heavy atom. The van der Waals surface area contributed by atoms with Crippen molar-refractivity contribution in [3.05, 3.63) is 11.6 Å². The predicted octanol–water partition coefficient (Wildman–Crippen LogP) is 10.1. The molecule has 0 spiro atoms. The molecule has 0 aromatic carbocycles. The summed E-state index contributed by atoms with van der Waals surface area (Å²) in [6.07, 6.45) is 11.8. The zero-order chi connectivity index (χ0) is 31.0. The highest BCUT2D eigenvalue weighted by Crippen LogP contribution is 2.74. The lowest BCUT2D eigenvalue weighted by molar-refractivity contribution is -0.254. The van der Waals surface area contributed by atoms with Crippen molar-refractivity contribution in [3.63, 3.8) is 0 Å². The van der Waals surface area contributed by atoms with Crippen LogP contribution in [0.15, 0.2) is 11.6 Å². The lowest BCUT2D eigenvalue weighted by Gasteiger charge is -2.62. The molecule has 0 aromatic heterocycles. The molecule has 1 saturated heterocycles. The van der Waals surface area contributed by atoms with Gasteiger partial charge in [0, 0.05) is 11.8 Å². The summed E-state index contributed by atoms with van der Waals surface area (Å²) in [6.45, 7) is 30.1. The molecule has 5 rings (SSSR count). The van der Waals surface area contributed by atoms with Gasteiger partial charge in [0.25, 0.3) is 0 Å². The average molecular weight is 583 g/mol. The monoisotopic (exact) mass is 583 g/mol. The molecule has 0 aromatic rings. The van der Waals surface area contributed by atoms with Crippen LogP contribution in [0.25, 0.3) is 0 Å². The van der Waals surface area contributed by atoms with Gasteiger partial charge in [0.2, 0.25) is 0 Å². The maximum absolute atomic E-state index is 14.2. The second-order valence-corrected chi connectivity index (χ2v) is 18.2. The van der Waals surface area contributed by atoms with E-state index in [1.54, 1.807) is 0 Å². The van der Waals surface area contributed by atoms with Crippen LogP contribution >= 0.6 is 0 Å². The first-order valence-electron chi connectivity index (χ1n) is 18.0. The Morgan fingerprint density at radius 1 is 0.952 bits per heavy atom. The van der Waals surface area contributed by atoms with E-state index in [9.17, 15) is 4.79 Å².